The van der Waals surface area contributed by atoms with E-state index in [0.717, 1.165) is 0 Å². The van der Waals surface area contributed by atoms with E-state index < -0.39 is 24.8 Å². The third-order valence-electron chi connectivity index (χ3n) is 2.56. The fraction of sp³-hybridized carbons (Fsp3) is 0.417. The molecule has 2 atom stereocenters. The van der Waals surface area contributed by atoms with Crippen LogP contribution >= 0.6 is 0 Å². The Bertz CT molecular complexity index is 417. The van der Waals surface area contributed by atoms with E-state index in [1.54, 1.807) is 6.07 Å². The molecule has 0 amide bonds. The quantitative estimate of drug-likeness (QED) is 0.557. The van der Waals surface area contributed by atoms with Crippen molar-refractivity contribution in [1.29, 1.82) is 0 Å². The molecule has 0 aliphatic heterocycles. The molecule has 0 aliphatic carbocycles. The van der Waals surface area contributed by atoms with Gasteiger partial charge in [0.1, 0.15) is 18.0 Å². The first-order chi connectivity index (χ1) is 8.49. The van der Waals surface area contributed by atoms with Crippen LogP contribution in [0.2, 0.25) is 0 Å². The van der Waals surface area contributed by atoms with Crippen molar-refractivity contribution in [2.45, 2.75) is 18.6 Å². The molecule has 1 aromatic rings. The second kappa shape index (κ2) is 6.34. The number of ether oxygens (including phenoxy) is 1. The van der Waals surface area contributed by atoms with Crippen molar-refractivity contribution in [2.24, 2.45) is 0 Å². The number of aliphatic hydroxyl groups excluding tert-OH is 3. The van der Waals surface area contributed by atoms with Crippen LogP contribution in [-0.2, 0) is 11.2 Å². The van der Waals surface area contributed by atoms with Crippen molar-refractivity contribution in [3.8, 4) is 5.75 Å². The fourth-order valence-electron chi connectivity index (χ4n) is 1.61. The molecule has 1 rings (SSSR count). The molecule has 0 saturated heterocycles. The molecular weight excluding hydrogens is 240 g/mol. The van der Waals surface area contributed by atoms with Gasteiger partial charge in [-0.15, -0.1) is 0 Å². The molecule has 0 aliphatic rings. The summed E-state index contributed by atoms with van der Waals surface area (Å²) in [4.78, 5) is 10.7. The number of hydrogen-bond acceptors (Lipinski definition) is 5. The summed E-state index contributed by atoms with van der Waals surface area (Å²) in [6.07, 6.45) is -3.02. The Morgan fingerprint density at radius 3 is 2.56 bits per heavy atom. The molecule has 6 heteroatoms. The Kier molecular flexibility index (Phi) is 5.08. The summed E-state index contributed by atoms with van der Waals surface area (Å²) in [7, 11) is 1.44. The van der Waals surface area contributed by atoms with E-state index in [-0.39, 0.29) is 12.0 Å². The Labute approximate surface area is 104 Å². The molecule has 0 spiro atoms. The summed E-state index contributed by atoms with van der Waals surface area (Å²) in [5.41, 5.74) is 0.599. The summed E-state index contributed by atoms with van der Waals surface area (Å²) in [5, 5.41) is 36.8. The number of methoxy groups -OCH3 is 1. The first kappa shape index (κ1) is 14.4. The monoisotopic (exact) mass is 256 g/mol. The van der Waals surface area contributed by atoms with Gasteiger partial charge in [0.15, 0.2) is 0 Å². The first-order valence-corrected chi connectivity index (χ1v) is 5.35. The van der Waals surface area contributed by atoms with Gasteiger partial charge < -0.3 is 25.2 Å². The Morgan fingerprint density at radius 1 is 1.39 bits per heavy atom. The molecular formula is C12H16O6. The highest BCUT2D eigenvalue weighted by Crippen LogP contribution is 2.26. The molecule has 6 nitrogen and oxygen atoms in total. The number of hydrogen-bond donors (Lipinski definition) is 4. The van der Waals surface area contributed by atoms with Crippen LogP contribution in [0.15, 0.2) is 18.2 Å². The lowest BCUT2D eigenvalue weighted by Gasteiger charge is -2.19. The number of benzene rings is 1. The zero-order valence-corrected chi connectivity index (χ0v) is 9.91. The van der Waals surface area contributed by atoms with Crippen molar-refractivity contribution in [2.75, 3.05) is 13.7 Å². The minimum absolute atomic E-state index is 0.235. The van der Waals surface area contributed by atoms with Gasteiger partial charge in [-0.2, -0.15) is 0 Å². The summed E-state index contributed by atoms with van der Waals surface area (Å²) in [5.74, 6) is -0.615. The van der Waals surface area contributed by atoms with E-state index in [0.29, 0.717) is 11.3 Å². The highest BCUT2D eigenvalue weighted by Gasteiger charge is 2.22. The topological polar surface area (TPSA) is 107 Å². The van der Waals surface area contributed by atoms with Gasteiger partial charge in [0.05, 0.1) is 20.1 Å². The van der Waals surface area contributed by atoms with E-state index in [1.807, 2.05) is 0 Å². The van der Waals surface area contributed by atoms with Gasteiger partial charge in [0.2, 0.25) is 0 Å². The van der Waals surface area contributed by atoms with Gasteiger partial charge in [0, 0.05) is 0 Å². The van der Waals surface area contributed by atoms with Crippen molar-refractivity contribution in [3.05, 3.63) is 29.3 Å². The average molecular weight is 256 g/mol. The molecule has 18 heavy (non-hydrogen) atoms. The van der Waals surface area contributed by atoms with Crippen LogP contribution in [0.25, 0.3) is 0 Å². The average Bonchev–Trinajstić information content (AvgIpc) is 2.36. The van der Waals surface area contributed by atoms with Crippen LogP contribution in [0.5, 0.6) is 5.75 Å². The predicted octanol–water partition coefficient (Wildman–Crippen LogP) is -0.291. The second-order valence-electron chi connectivity index (χ2n) is 3.83. The maximum absolute atomic E-state index is 10.7. The van der Waals surface area contributed by atoms with E-state index >= 15 is 0 Å². The number of aliphatic hydroxyl groups is 3. The van der Waals surface area contributed by atoms with Crippen LogP contribution in [0.3, 0.4) is 0 Å². The number of carboxylic acids is 1. The zero-order chi connectivity index (χ0) is 13.7. The lowest BCUT2D eigenvalue weighted by atomic mass is 9.96. The summed E-state index contributed by atoms with van der Waals surface area (Å²) >= 11 is 0. The van der Waals surface area contributed by atoms with E-state index in [4.69, 9.17) is 14.9 Å². The standard InChI is InChI=1S/C12H16O6/c1-18-8-3-2-7(4-11(15)16)9(5-8)12(17)10(14)6-13/h2-3,5,10,12-14,17H,4,6H2,1H3,(H,15,16). The largest absolute Gasteiger partial charge is 0.497 e. The summed E-state index contributed by atoms with van der Waals surface area (Å²) in [6, 6.07) is 4.53. The van der Waals surface area contributed by atoms with Crippen molar-refractivity contribution >= 4 is 5.97 Å². The van der Waals surface area contributed by atoms with Crippen LogP contribution in [0, 0.1) is 0 Å². The highest BCUT2D eigenvalue weighted by atomic mass is 16.5. The van der Waals surface area contributed by atoms with Gasteiger partial charge in [-0.05, 0) is 23.3 Å². The molecule has 4 N–H and O–H groups in total. The third kappa shape index (κ3) is 3.43. The van der Waals surface area contributed by atoms with Crippen LogP contribution in [-0.4, -0.2) is 46.2 Å². The van der Waals surface area contributed by atoms with Gasteiger partial charge in [-0.3, -0.25) is 4.79 Å². The smallest absolute Gasteiger partial charge is 0.307 e. The van der Waals surface area contributed by atoms with Gasteiger partial charge in [-0.1, -0.05) is 6.07 Å². The van der Waals surface area contributed by atoms with E-state index in [2.05, 4.69) is 0 Å². The van der Waals surface area contributed by atoms with Gasteiger partial charge >= 0.3 is 5.97 Å². The Morgan fingerprint density at radius 2 is 2.06 bits per heavy atom. The molecule has 0 heterocycles. The molecule has 0 radical (unpaired) electrons. The second-order valence-corrected chi connectivity index (χ2v) is 3.83. The summed E-state index contributed by atoms with van der Waals surface area (Å²) < 4.78 is 4.98. The molecule has 2 unspecified atom stereocenters. The molecule has 1 aromatic carbocycles. The van der Waals surface area contributed by atoms with Gasteiger partial charge in [0.25, 0.3) is 0 Å². The number of rotatable bonds is 6. The van der Waals surface area contributed by atoms with Crippen molar-refractivity contribution in [3.63, 3.8) is 0 Å². The molecule has 0 saturated carbocycles. The maximum Gasteiger partial charge on any atom is 0.307 e. The minimum Gasteiger partial charge on any atom is -0.497 e. The Balaban J connectivity index is 3.14. The predicted molar refractivity (Wildman–Crippen MR) is 62.4 cm³/mol. The molecule has 0 bridgehead atoms. The van der Waals surface area contributed by atoms with E-state index in [9.17, 15) is 15.0 Å². The lowest BCUT2D eigenvalue weighted by molar-refractivity contribution is -0.136. The van der Waals surface area contributed by atoms with Crippen LogP contribution in [0.1, 0.15) is 17.2 Å². The highest BCUT2D eigenvalue weighted by molar-refractivity contribution is 5.71. The number of carboxylic acid groups (broad SMARTS) is 1. The molecule has 0 fully saturated rings. The normalized spacial score (nSPS) is 14.0. The van der Waals surface area contributed by atoms with Crippen molar-refractivity contribution in [1.82, 2.24) is 0 Å². The number of aliphatic carboxylic acids is 1. The van der Waals surface area contributed by atoms with Crippen LogP contribution < -0.4 is 4.74 Å². The SMILES string of the molecule is COc1ccc(CC(=O)O)c(C(O)C(O)CO)c1. The minimum atomic E-state index is -1.37. The lowest BCUT2D eigenvalue weighted by Crippen LogP contribution is -2.23. The number of carbonyl (C=O) groups is 1. The Hall–Kier alpha value is -1.63. The molecule has 100 valence electrons. The first-order valence-electron chi connectivity index (χ1n) is 5.35. The van der Waals surface area contributed by atoms with E-state index in [1.165, 1.54) is 19.2 Å². The third-order valence-corrected chi connectivity index (χ3v) is 2.56. The van der Waals surface area contributed by atoms with Crippen molar-refractivity contribution < 1.29 is 30.0 Å². The molecule has 0 aromatic heterocycles. The van der Waals surface area contributed by atoms with Crippen LogP contribution in [0.4, 0.5) is 0 Å². The fourth-order valence-corrected chi connectivity index (χ4v) is 1.61. The van der Waals surface area contributed by atoms with Gasteiger partial charge in [-0.25, -0.2) is 0 Å². The zero-order valence-electron chi connectivity index (χ0n) is 9.91. The maximum atomic E-state index is 10.7. The summed E-state index contributed by atoms with van der Waals surface area (Å²) in [6.45, 7) is -0.620.